The summed E-state index contributed by atoms with van der Waals surface area (Å²) in [5.41, 5.74) is 3.95. The Kier molecular flexibility index (Phi) is 13.9. The molecule has 284 valence electrons. The Balaban J connectivity index is 1.26. The molecule has 5 aromatic rings. The first-order chi connectivity index (χ1) is 25.9. The van der Waals surface area contributed by atoms with Gasteiger partial charge in [-0.25, -0.2) is 19.7 Å². The summed E-state index contributed by atoms with van der Waals surface area (Å²) in [4.78, 5) is 54.6. The summed E-state index contributed by atoms with van der Waals surface area (Å²) in [5, 5.41) is 12.7. The van der Waals surface area contributed by atoms with E-state index in [-0.39, 0.29) is 30.5 Å². The van der Waals surface area contributed by atoms with Gasteiger partial charge in [0.15, 0.2) is 11.6 Å². The maximum absolute atomic E-state index is 13.8. The summed E-state index contributed by atoms with van der Waals surface area (Å²) < 4.78 is 7.63. The van der Waals surface area contributed by atoms with Gasteiger partial charge in [0, 0.05) is 60.4 Å². The highest BCUT2D eigenvalue weighted by molar-refractivity contribution is 7.14. The Bertz CT molecular complexity index is 1980. The van der Waals surface area contributed by atoms with Crippen molar-refractivity contribution >= 4 is 29.0 Å². The van der Waals surface area contributed by atoms with Crippen LogP contribution in [-0.4, -0.2) is 54.9 Å². The average Bonchev–Trinajstić information content (AvgIpc) is 3.83. The van der Waals surface area contributed by atoms with E-state index in [9.17, 15) is 19.5 Å². The monoisotopic (exact) mass is 749 g/mol. The smallest absolute Gasteiger partial charge is 0.326 e. The second-order valence-electron chi connectivity index (χ2n) is 14.9. The lowest BCUT2D eigenvalue weighted by Crippen LogP contribution is -2.45. The number of nitrogens with one attached hydrogen (secondary N) is 1. The van der Waals surface area contributed by atoms with Gasteiger partial charge in [-0.1, -0.05) is 89.8 Å². The topological polar surface area (TPSA) is 136 Å². The summed E-state index contributed by atoms with van der Waals surface area (Å²) in [6.45, 7) is 9.20. The lowest BCUT2D eigenvalue weighted by Gasteiger charge is -2.20. The molecule has 3 aromatic heterocycles. The molecule has 0 aliphatic carbocycles. The number of carboxylic acids is 1. The summed E-state index contributed by atoms with van der Waals surface area (Å²) in [7, 11) is 1.79. The van der Waals surface area contributed by atoms with Gasteiger partial charge in [-0.15, -0.1) is 11.3 Å². The van der Waals surface area contributed by atoms with Crippen molar-refractivity contribution in [3.05, 3.63) is 107 Å². The normalized spacial score (nSPS) is 12.6. The molecule has 0 aliphatic heterocycles. The number of carbonyl (C=O) groups excluding carboxylic acids is 2. The minimum atomic E-state index is -1.20. The number of benzene rings is 2. The number of Topliss-reactive ketones (excluding diaryl/α,β-unsaturated/α-hetero) is 1. The van der Waals surface area contributed by atoms with E-state index < -0.39 is 23.8 Å². The van der Waals surface area contributed by atoms with E-state index in [4.69, 9.17) is 4.74 Å². The Morgan fingerprint density at radius 2 is 1.54 bits per heavy atom. The molecule has 0 fully saturated rings. The molecule has 2 N–H and O–H groups in total. The van der Waals surface area contributed by atoms with Crippen LogP contribution < -0.4 is 10.1 Å². The van der Waals surface area contributed by atoms with E-state index in [1.165, 1.54) is 37.0 Å². The molecule has 0 spiro atoms. The van der Waals surface area contributed by atoms with E-state index in [0.29, 0.717) is 16.4 Å². The number of aliphatic carboxylic acids is 1. The highest BCUT2D eigenvalue weighted by atomic mass is 32.1. The maximum Gasteiger partial charge on any atom is 0.326 e. The van der Waals surface area contributed by atoms with Gasteiger partial charge in [0.05, 0.1) is 23.5 Å². The quantitative estimate of drug-likeness (QED) is 0.0634. The standard InChI is InChI=1S/C43H51N5O5S/c1-6-7-8-9-10-21-53-35-17-15-30(16-18-35)33-25-44-40(45-26-33)31-13-11-29(12-14-31)22-32(23-37(49)38-19-20-39(54-38)43(2,3)4)41(50)47-36(42(51)52)24-34-27-48(5)28-46-34/h11-20,25-28,32,36H,6-10,21-24H2,1-5H3,(H,47,50)(H,51,52)/t32-,36+/m1/s1. The van der Waals surface area contributed by atoms with Gasteiger partial charge in [-0.05, 0) is 53.6 Å². The lowest BCUT2D eigenvalue weighted by atomic mass is 9.92. The van der Waals surface area contributed by atoms with Crippen molar-refractivity contribution in [2.24, 2.45) is 13.0 Å². The van der Waals surface area contributed by atoms with Crippen LogP contribution in [0.5, 0.6) is 5.75 Å². The summed E-state index contributed by atoms with van der Waals surface area (Å²) in [6.07, 6.45) is 13.1. The van der Waals surface area contributed by atoms with Crippen LogP contribution in [0.15, 0.2) is 85.6 Å². The Labute approximate surface area is 322 Å². The predicted molar refractivity (Wildman–Crippen MR) is 213 cm³/mol. The van der Waals surface area contributed by atoms with Crippen LogP contribution in [0.3, 0.4) is 0 Å². The molecule has 2 aromatic carbocycles. The van der Waals surface area contributed by atoms with Crippen molar-refractivity contribution < 1.29 is 24.2 Å². The van der Waals surface area contributed by atoms with Gasteiger partial charge in [-0.3, -0.25) is 9.59 Å². The lowest BCUT2D eigenvalue weighted by molar-refractivity contribution is -0.142. The number of ketones is 1. The first-order valence-electron chi connectivity index (χ1n) is 18.7. The fourth-order valence-electron chi connectivity index (χ4n) is 6.08. The number of hydrogen-bond acceptors (Lipinski definition) is 8. The van der Waals surface area contributed by atoms with Crippen molar-refractivity contribution in [2.75, 3.05) is 6.61 Å². The molecule has 0 aliphatic rings. The molecule has 5 rings (SSSR count). The predicted octanol–water partition coefficient (Wildman–Crippen LogP) is 8.50. The molecule has 3 heterocycles. The number of aromatic nitrogens is 4. The number of hydrogen-bond donors (Lipinski definition) is 2. The van der Waals surface area contributed by atoms with Gasteiger partial charge >= 0.3 is 5.97 Å². The van der Waals surface area contributed by atoms with E-state index in [2.05, 4.69) is 48.0 Å². The van der Waals surface area contributed by atoms with Gasteiger partial charge in [-0.2, -0.15) is 0 Å². The third kappa shape index (κ3) is 11.4. The zero-order chi connectivity index (χ0) is 38.7. The van der Waals surface area contributed by atoms with Crippen molar-refractivity contribution in [3.8, 4) is 28.3 Å². The van der Waals surface area contributed by atoms with Crippen LogP contribution in [0.2, 0.25) is 0 Å². The van der Waals surface area contributed by atoms with Crippen molar-refractivity contribution in [1.29, 1.82) is 0 Å². The fraction of sp³-hybridized carbons (Fsp3) is 0.395. The molecule has 0 saturated heterocycles. The Hall–Kier alpha value is -5.16. The fourth-order valence-corrected chi connectivity index (χ4v) is 7.10. The van der Waals surface area contributed by atoms with Crippen molar-refractivity contribution in [2.45, 2.75) is 90.5 Å². The van der Waals surface area contributed by atoms with Crippen LogP contribution in [0.25, 0.3) is 22.5 Å². The molecule has 0 bridgehead atoms. The molecule has 11 heteroatoms. The van der Waals surface area contributed by atoms with Gasteiger partial charge in [0.1, 0.15) is 11.8 Å². The third-order valence-electron chi connectivity index (χ3n) is 9.26. The average molecular weight is 750 g/mol. The minimum absolute atomic E-state index is 0.0227. The number of thiophene rings is 1. The highest BCUT2D eigenvalue weighted by Gasteiger charge is 2.29. The number of carbonyl (C=O) groups is 3. The van der Waals surface area contributed by atoms with Gasteiger partial charge in [0.2, 0.25) is 5.91 Å². The number of rotatable bonds is 19. The second kappa shape index (κ2) is 18.7. The van der Waals surface area contributed by atoms with Crippen LogP contribution in [0.4, 0.5) is 0 Å². The number of amides is 1. The van der Waals surface area contributed by atoms with Crippen LogP contribution in [0, 0.1) is 5.92 Å². The summed E-state index contributed by atoms with van der Waals surface area (Å²) in [5.74, 6) is -1.21. The number of ether oxygens (including phenoxy) is 1. The van der Waals surface area contributed by atoms with E-state index in [1.807, 2.05) is 60.7 Å². The Morgan fingerprint density at radius 1 is 0.852 bits per heavy atom. The Morgan fingerprint density at radius 3 is 2.15 bits per heavy atom. The van der Waals surface area contributed by atoms with Crippen LogP contribution in [0.1, 0.15) is 92.0 Å². The third-order valence-corrected chi connectivity index (χ3v) is 10.8. The van der Waals surface area contributed by atoms with Crippen LogP contribution >= 0.6 is 11.3 Å². The largest absolute Gasteiger partial charge is 0.494 e. The summed E-state index contributed by atoms with van der Waals surface area (Å²) >= 11 is 1.43. The number of carboxylic acid groups (broad SMARTS) is 1. The zero-order valence-electron chi connectivity index (χ0n) is 31.9. The highest BCUT2D eigenvalue weighted by Crippen LogP contribution is 2.31. The van der Waals surface area contributed by atoms with Gasteiger partial charge in [0.25, 0.3) is 0 Å². The molecule has 54 heavy (non-hydrogen) atoms. The van der Waals surface area contributed by atoms with E-state index in [0.717, 1.165) is 45.9 Å². The molecule has 0 saturated carbocycles. The van der Waals surface area contributed by atoms with Crippen LogP contribution in [-0.2, 0) is 34.9 Å². The second-order valence-corrected chi connectivity index (χ2v) is 15.9. The number of imidazole rings is 1. The molecule has 1 amide bonds. The summed E-state index contributed by atoms with van der Waals surface area (Å²) in [6, 6.07) is 18.1. The first-order valence-corrected chi connectivity index (χ1v) is 19.5. The van der Waals surface area contributed by atoms with Gasteiger partial charge < -0.3 is 19.7 Å². The van der Waals surface area contributed by atoms with E-state index in [1.54, 1.807) is 36.5 Å². The SMILES string of the molecule is CCCCCCCOc1ccc(-c2cnc(-c3ccc(C[C@H](CC(=O)c4ccc(C(C)(C)C)s4)C(=O)N[C@@H](Cc4cn(C)cn4)C(=O)O)cc3)nc2)cc1. The molecule has 0 radical (unpaired) electrons. The first kappa shape index (κ1) is 40.0. The number of unbranched alkanes of at least 4 members (excludes halogenated alkanes) is 4. The minimum Gasteiger partial charge on any atom is -0.494 e. The number of aryl methyl sites for hydroxylation is 1. The van der Waals surface area contributed by atoms with Crippen molar-refractivity contribution in [3.63, 3.8) is 0 Å². The molecule has 2 atom stereocenters. The molecular formula is C43H51N5O5S. The number of nitrogens with zero attached hydrogens (tertiary/aromatic N) is 4. The van der Waals surface area contributed by atoms with Crippen molar-refractivity contribution in [1.82, 2.24) is 24.8 Å². The molecule has 0 unspecified atom stereocenters. The zero-order valence-corrected chi connectivity index (χ0v) is 32.7. The molecule has 10 nitrogen and oxygen atoms in total. The van der Waals surface area contributed by atoms with E-state index >= 15 is 0 Å². The maximum atomic E-state index is 13.8. The molecular weight excluding hydrogens is 699 g/mol.